The van der Waals surface area contributed by atoms with Gasteiger partial charge >= 0.3 is 5.97 Å². The number of nitrogens with zero attached hydrogens (tertiary/aromatic N) is 1. The van der Waals surface area contributed by atoms with Crippen molar-refractivity contribution in [2.75, 3.05) is 19.6 Å². The lowest BCUT2D eigenvalue weighted by molar-refractivity contribution is -0.153. The largest absolute Gasteiger partial charge is 0.481 e. The van der Waals surface area contributed by atoms with Gasteiger partial charge in [-0.3, -0.25) is 4.79 Å². The number of likely N-dealkylation sites (tertiary alicyclic amines) is 1. The third-order valence-electron chi connectivity index (χ3n) is 3.70. The third kappa shape index (κ3) is 3.96. The Morgan fingerprint density at radius 1 is 1.53 bits per heavy atom. The molecule has 1 aliphatic heterocycles. The van der Waals surface area contributed by atoms with Crippen LogP contribution >= 0.6 is 0 Å². The smallest absolute Gasteiger partial charge is 0.310 e. The highest BCUT2D eigenvalue weighted by molar-refractivity contribution is 5.75. The van der Waals surface area contributed by atoms with E-state index in [9.17, 15) is 15.0 Å². The number of aliphatic hydroxyl groups excluding tert-OH is 1. The molecule has 1 heterocycles. The topological polar surface area (TPSA) is 60.8 Å². The van der Waals surface area contributed by atoms with Gasteiger partial charge in [0.05, 0.1) is 11.5 Å². The summed E-state index contributed by atoms with van der Waals surface area (Å²) >= 11 is 0. The monoisotopic (exact) mass is 243 g/mol. The number of carbonyl (C=O) groups is 1. The van der Waals surface area contributed by atoms with E-state index in [1.165, 1.54) is 0 Å². The lowest BCUT2D eigenvalue weighted by Gasteiger charge is -2.40. The van der Waals surface area contributed by atoms with Gasteiger partial charge in [-0.15, -0.1) is 0 Å². The van der Waals surface area contributed by atoms with Gasteiger partial charge in [0.1, 0.15) is 0 Å². The summed E-state index contributed by atoms with van der Waals surface area (Å²) in [5, 5.41) is 18.7. The highest BCUT2D eigenvalue weighted by Gasteiger charge is 2.41. The van der Waals surface area contributed by atoms with E-state index in [1.54, 1.807) is 6.92 Å². The van der Waals surface area contributed by atoms with Gasteiger partial charge in [-0.05, 0) is 39.2 Å². The Morgan fingerprint density at radius 3 is 2.76 bits per heavy atom. The van der Waals surface area contributed by atoms with Crippen molar-refractivity contribution < 1.29 is 15.0 Å². The highest BCUT2D eigenvalue weighted by atomic mass is 16.4. The molecule has 0 saturated carbocycles. The van der Waals surface area contributed by atoms with Crippen LogP contribution in [0, 0.1) is 5.41 Å². The Balaban J connectivity index is 2.58. The predicted octanol–water partition coefficient (Wildman–Crippen LogP) is 1.72. The van der Waals surface area contributed by atoms with Crippen molar-refractivity contribution in [3.63, 3.8) is 0 Å². The molecule has 0 aromatic rings. The summed E-state index contributed by atoms with van der Waals surface area (Å²) in [6.45, 7) is 6.23. The van der Waals surface area contributed by atoms with E-state index in [2.05, 4.69) is 4.90 Å². The van der Waals surface area contributed by atoms with Crippen LogP contribution in [0.3, 0.4) is 0 Å². The van der Waals surface area contributed by atoms with Crippen LogP contribution < -0.4 is 0 Å². The van der Waals surface area contributed by atoms with Crippen LogP contribution in [-0.2, 0) is 4.79 Å². The molecule has 1 rings (SSSR count). The molecule has 4 nitrogen and oxygen atoms in total. The molecule has 0 bridgehead atoms. The zero-order valence-corrected chi connectivity index (χ0v) is 11.0. The average molecular weight is 243 g/mol. The molecular weight excluding hydrogens is 218 g/mol. The lowest BCUT2D eigenvalue weighted by Crippen LogP contribution is -2.48. The number of aliphatic hydroxyl groups is 1. The number of hydrogen-bond donors (Lipinski definition) is 2. The average Bonchev–Trinajstić information content (AvgIpc) is 2.27. The zero-order valence-electron chi connectivity index (χ0n) is 11.0. The van der Waals surface area contributed by atoms with Gasteiger partial charge in [0, 0.05) is 13.1 Å². The van der Waals surface area contributed by atoms with Crippen molar-refractivity contribution in [2.45, 2.75) is 52.1 Å². The van der Waals surface area contributed by atoms with Crippen LogP contribution in [0.5, 0.6) is 0 Å². The molecule has 0 amide bonds. The minimum absolute atomic E-state index is 0.303. The summed E-state index contributed by atoms with van der Waals surface area (Å²) in [4.78, 5) is 13.7. The summed E-state index contributed by atoms with van der Waals surface area (Å²) in [6.07, 6.45) is 3.83. The maximum Gasteiger partial charge on any atom is 0.310 e. The first-order valence-corrected chi connectivity index (χ1v) is 6.64. The molecule has 1 aliphatic rings. The molecule has 100 valence electrons. The van der Waals surface area contributed by atoms with E-state index in [1.807, 2.05) is 6.92 Å². The first-order chi connectivity index (χ1) is 8.00. The third-order valence-corrected chi connectivity index (χ3v) is 3.70. The molecule has 17 heavy (non-hydrogen) atoms. The summed E-state index contributed by atoms with van der Waals surface area (Å²) in [7, 11) is 0. The van der Waals surface area contributed by atoms with E-state index in [-0.39, 0.29) is 6.10 Å². The summed E-state index contributed by atoms with van der Waals surface area (Å²) in [5.41, 5.74) is -0.550. The Labute approximate surface area is 104 Å². The lowest BCUT2D eigenvalue weighted by atomic mass is 9.76. The summed E-state index contributed by atoms with van der Waals surface area (Å²) < 4.78 is 0. The van der Waals surface area contributed by atoms with Crippen LogP contribution in [0.15, 0.2) is 0 Å². The Morgan fingerprint density at radius 2 is 2.24 bits per heavy atom. The number of aliphatic carboxylic acids is 1. The minimum atomic E-state index is -0.652. The number of carboxylic acids is 1. The minimum Gasteiger partial charge on any atom is -0.481 e. The van der Waals surface area contributed by atoms with Gasteiger partial charge < -0.3 is 15.1 Å². The molecule has 1 saturated heterocycles. The van der Waals surface area contributed by atoms with Crippen molar-refractivity contribution in [3.05, 3.63) is 0 Å². The number of piperidine rings is 1. The Bertz CT molecular complexity index is 251. The first-order valence-electron chi connectivity index (χ1n) is 6.64. The van der Waals surface area contributed by atoms with Gasteiger partial charge in [-0.2, -0.15) is 0 Å². The van der Waals surface area contributed by atoms with Crippen LogP contribution in [0.2, 0.25) is 0 Å². The fraction of sp³-hybridized carbons (Fsp3) is 0.923. The van der Waals surface area contributed by atoms with Crippen LogP contribution in [-0.4, -0.2) is 46.8 Å². The molecule has 2 unspecified atom stereocenters. The molecule has 1 fully saturated rings. The molecule has 0 aromatic carbocycles. The van der Waals surface area contributed by atoms with E-state index in [0.717, 1.165) is 45.2 Å². The quantitative estimate of drug-likeness (QED) is 0.746. The summed E-state index contributed by atoms with van der Waals surface area (Å²) in [6, 6.07) is 0. The molecule has 0 aromatic heterocycles. The fourth-order valence-electron chi connectivity index (χ4n) is 2.75. The van der Waals surface area contributed by atoms with Gasteiger partial charge in [0.2, 0.25) is 0 Å². The second-order valence-electron chi connectivity index (χ2n) is 5.35. The van der Waals surface area contributed by atoms with Crippen LogP contribution in [0.25, 0.3) is 0 Å². The van der Waals surface area contributed by atoms with Gasteiger partial charge in [0.15, 0.2) is 0 Å². The molecule has 2 N–H and O–H groups in total. The predicted molar refractivity (Wildman–Crippen MR) is 66.9 cm³/mol. The molecule has 0 spiro atoms. The van der Waals surface area contributed by atoms with E-state index >= 15 is 0 Å². The Kier molecular flexibility index (Phi) is 5.40. The molecule has 4 heteroatoms. The summed E-state index contributed by atoms with van der Waals surface area (Å²) in [5.74, 6) is -0.652. The van der Waals surface area contributed by atoms with Crippen molar-refractivity contribution in [1.29, 1.82) is 0 Å². The van der Waals surface area contributed by atoms with Crippen LogP contribution in [0.1, 0.15) is 46.0 Å². The Hall–Kier alpha value is -0.610. The molecule has 0 radical (unpaired) electrons. The van der Waals surface area contributed by atoms with Gasteiger partial charge in [-0.25, -0.2) is 0 Å². The van der Waals surface area contributed by atoms with E-state index < -0.39 is 11.4 Å². The van der Waals surface area contributed by atoms with Gasteiger partial charge in [-0.1, -0.05) is 13.3 Å². The maximum atomic E-state index is 11.5. The first kappa shape index (κ1) is 14.5. The van der Waals surface area contributed by atoms with Crippen molar-refractivity contribution in [1.82, 2.24) is 4.90 Å². The van der Waals surface area contributed by atoms with E-state index in [4.69, 9.17) is 0 Å². The van der Waals surface area contributed by atoms with Crippen LogP contribution in [0.4, 0.5) is 0 Å². The normalized spacial score (nSPS) is 27.9. The second kappa shape index (κ2) is 6.36. The molecule has 0 aliphatic carbocycles. The van der Waals surface area contributed by atoms with Gasteiger partial charge in [0.25, 0.3) is 0 Å². The standard InChI is InChI=1S/C13H25NO3/c1-3-6-13(12(16)17)7-4-8-14(10-13)9-5-11(2)15/h11,15H,3-10H2,1-2H3,(H,16,17). The maximum absolute atomic E-state index is 11.5. The number of rotatable bonds is 6. The second-order valence-corrected chi connectivity index (χ2v) is 5.35. The molecular formula is C13H25NO3. The van der Waals surface area contributed by atoms with E-state index in [0.29, 0.717) is 6.54 Å². The number of carboxylic acid groups (broad SMARTS) is 1. The van der Waals surface area contributed by atoms with Crippen molar-refractivity contribution in [3.8, 4) is 0 Å². The fourth-order valence-corrected chi connectivity index (χ4v) is 2.75. The number of hydrogen-bond acceptors (Lipinski definition) is 3. The highest BCUT2D eigenvalue weighted by Crippen LogP contribution is 2.35. The van der Waals surface area contributed by atoms with Crippen molar-refractivity contribution >= 4 is 5.97 Å². The van der Waals surface area contributed by atoms with Crippen molar-refractivity contribution in [2.24, 2.45) is 5.41 Å². The SMILES string of the molecule is CCCC1(C(=O)O)CCCN(CCC(C)O)C1. The molecule has 2 atom stereocenters. The zero-order chi connectivity index (χ0) is 12.9.